The number of rotatable bonds is 2. The van der Waals surface area contributed by atoms with Crippen LogP contribution in [0.4, 0.5) is 0 Å². The molecule has 0 bridgehead atoms. The molecule has 1 aromatic heterocycles. The minimum atomic E-state index is -1.57. The summed E-state index contributed by atoms with van der Waals surface area (Å²) in [6.45, 7) is 0. The van der Waals surface area contributed by atoms with Gasteiger partial charge in [-0.15, -0.1) is 0 Å². The average Bonchev–Trinajstić information content (AvgIpc) is 2.67. The Hall–Kier alpha value is -1.66. The molecule has 0 saturated carbocycles. The number of pyridine rings is 1. The molecule has 6 nitrogen and oxygen atoms in total. The molecule has 0 saturated heterocycles. The summed E-state index contributed by atoms with van der Waals surface area (Å²) in [5.41, 5.74) is 0.973. The maximum absolute atomic E-state index is 9.47. The third kappa shape index (κ3) is 1.90. The van der Waals surface area contributed by atoms with Crippen LogP contribution in [0.1, 0.15) is 12.0 Å². The fourth-order valence-electron chi connectivity index (χ4n) is 1.35. The fourth-order valence-corrected chi connectivity index (χ4v) is 1.35. The van der Waals surface area contributed by atoms with Crippen molar-refractivity contribution < 1.29 is 20.2 Å². The summed E-state index contributed by atoms with van der Waals surface area (Å²) >= 11 is 0. The standard InChI is InChI=1S/C9H10N2O4/c12-7-4-10-2-1-5(7)6-3-8(9(13)14)15-11-6/h1-2,4,8-9,12-14H,3H2. The van der Waals surface area contributed by atoms with Crippen molar-refractivity contribution in [2.24, 2.45) is 5.16 Å². The Bertz CT molecular complexity index is 391. The van der Waals surface area contributed by atoms with Gasteiger partial charge in [-0.05, 0) is 6.07 Å². The summed E-state index contributed by atoms with van der Waals surface area (Å²) in [5.74, 6) is -0.00655. The van der Waals surface area contributed by atoms with Gasteiger partial charge in [0.2, 0.25) is 0 Å². The zero-order valence-electron chi connectivity index (χ0n) is 7.74. The minimum absolute atomic E-state index is 0.00655. The van der Waals surface area contributed by atoms with E-state index < -0.39 is 12.4 Å². The van der Waals surface area contributed by atoms with Gasteiger partial charge in [0, 0.05) is 18.2 Å². The summed E-state index contributed by atoms with van der Waals surface area (Å²) in [6.07, 6.45) is 0.707. The van der Waals surface area contributed by atoms with Crippen LogP contribution in [0.15, 0.2) is 23.6 Å². The zero-order chi connectivity index (χ0) is 10.8. The van der Waals surface area contributed by atoms with E-state index in [0.29, 0.717) is 11.3 Å². The molecule has 1 aromatic rings. The number of aliphatic hydroxyl groups excluding tert-OH is 1. The molecule has 0 fully saturated rings. The smallest absolute Gasteiger partial charge is 0.192 e. The van der Waals surface area contributed by atoms with Crippen LogP contribution >= 0.6 is 0 Å². The Balaban J connectivity index is 2.18. The molecule has 80 valence electrons. The van der Waals surface area contributed by atoms with Gasteiger partial charge in [-0.2, -0.15) is 0 Å². The van der Waals surface area contributed by atoms with Crippen molar-refractivity contribution in [3.63, 3.8) is 0 Å². The molecule has 0 spiro atoms. The zero-order valence-corrected chi connectivity index (χ0v) is 7.74. The van der Waals surface area contributed by atoms with Crippen LogP contribution in [0.2, 0.25) is 0 Å². The highest BCUT2D eigenvalue weighted by molar-refractivity contribution is 6.03. The van der Waals surface area contributed by atoms with Crippen molar-refractivity contribution in [1.29, 1.82) is 0 Å². The van der Waals surface area contributed by atoms with Gasteiger partial charge in [0.05, 0.1) is 11.9 Å². The average molecular weight is 210 g/mol. The number of aromatic hydroxyl groups is 1. The Morgan fingerprint density at radius 1 is 1.47 bits per heavy atom. The van der Waals surface area contributed by atoms with Crippen molar-refractivity contribution in [3.8, 4) is 5.75 Å². The van der Waals surface area contributed by atoms with Gasteiger partial charge in [0.1, 0.15) is 5.75 Å². The molecular weight excluding hydrogens is 200 g/mol. The van der Waals surface area contributed by atoms with E-state index in [1.54, 1.807) is 6.07 Å². The lowest BCUT2D eigenvalue weighted by molar-refractivity contribution is -0.134. The first-order valence-corrected chi connectivity index (χ1v) is 4.40. The van der Waals surface area contributed by atoms with E-state index in [0.717, 1.165) is 0 Å². The van der Waals surface area contributed by atoms with Gasteiger partial charge < -0.3 is 20.2 Å². The maximum atomic E-state index is 9.47. The Kier molecular flexibility index (Phi) is 2.53. The van der Waals surface area contributed by atoms with E-state index in [1.165, 1.54) is 12.4 Å². The number of nitrogens with zero attached hydrogens (tertiary/aromatic N) is 2. The topological polar surface area (TPSA) is 95.2 Å². The van der Waals surface area contributed by atoms with Gasteiger partial charge >= 0.3 is 0 Å². The summed E-state index contributed by atoms with van der Waals surface area (Å²) in [7, 11) is 0. The molecule has 2 heterocycles. The first kappa shape index (κ1) is 9.88. The molecule has 1 aliphatic rings. The number of aromatic nitrogens is 1. The van der Waals surface area contributed by atoms with Crippen molar-refractivity contribution >= 4 is 5.71 Å². The van der Waals surface area contributed by atoms with Crippen LogP contribution in [0.25, 0.3) is 0 Å². The van der Waals surface area contributed by atoms with Crippen molar-refractivity contribution in [3.05, 3.63) is 24.0 Å². The SMILES string of the molecule is Oc1cnccc1C1=NOC(C(O)O)C1. The monoisotopic (exact) mass is 210 g/mol. The number of hydrogen-bond donors (Lipinski definition) is 3. The van der Waals surface area contributed by atoms with Crippen molar-refractivity contribution in [2.75, 3.05) is 0 Å². The first-order valence-electron chi connectivity index (χ1n) is 4.40. The van der Waals surface area contributed by atoms with E-state index >= 15 is 0 Å². The van der Waals surface area contributed by atoms with Crippen LogP contribution in [0.5, 0.6) is 5.75 Å². The highest BCUT2D eigenvalue weighted by Gasteiger charge is 2.28. The van der Waals surface area contributed by atoms with Crippen molar-refractivity contribution in [2.45, 2.75) is 18.8 Å². The molecule has 2 rings (SSSR count). The third-order valence-corrected chi connectivity index (χ3v) is 2.14. The summed E-state index contributed by atoms with van der Waals surface area (Å²) in [6, 6.07) is 1.59. The second kappa shape index (κ2) is 3.84. The largest absolute Gasteiger partial charge is 0.506 e. The van der Waals surface area contributed by atoms with Crippen molar-refractivity contribution in [1.82, 2.24) is 4.98 Å². The van der Waals surface area contributed by atoms with Crippen LogP contribution in [-0.2, 0) is 4.84 Å². The molecular formula is C9H10N2O4. The molecule has 1 aliphatic heterocycles. The number of hydrogen-bond acceptors (Lipinski definition) is 6. The normalized spacial score (nSPS) is 20.2. The van der Waals surface area contributed by atoms with E-state index in [2.05, 4.69) is 10.1 Å². The van der Waals surface area contributed by atoms with Crippen LogP contribution in [0.3, 0.4) is 0 Å². The summed E-state index contributed by atoms with van der Waals surface area (Å²) in [4.78, 5) is 8.52. The highest BCUT2D eigenvalue weighted by atomic mass is 16.7. The van der Waals surface area contributed by atoms with Gasteiger partial charge in [-0.1, -0.05) is 5.16 Å². The minimum Gasteiger partial charge on any atom is -0.506 e. The number of oxime groups is 1. The van der Waals surface area contributed by atoms with Gasteiger partial charge in [0.25, 0.3) is 0 Å². The van der Waals surface area contributed by atoms with Crippen LogP contribution in [-0.4, -0.2) is 38.4 Å². The second-order valence-corrected chi connectivity index (χ2v) is 3.19. The second-order valence-electron chi connectivity index (χ2n) is 3.19. The van der Waals surface area contributed by atoms with E-state index in [1.807, 2.05) is 0 Å². The number of aliphatic hydroxyl groups is 2. The molecule has 3 N–H and O–H groups in total. The predicted octanol–water partition coefficient (Wildman–Crippen LogP) is -0.409. The van der Waals surface area contributed by atoms with Crippen LogP contribution < -0.4 is 0 Å². The van der Waals surface area contributed by atoms with Gasteiger partial charge in [0.15, 0.2) is 12.4 Å². The lowest BCUT2D eigenvalue weighted by Crippen LogP contribution is -2.25. The molecule has 15 heavy (non-hydrogen) atoms. The third-order valence-electron chi connectivity index (χ3n) is 2.14. The maximum Gasteiger partial charge on any atom is 0.192 e. The fraction of sp³-hybridized carbons (Fsp3) is 0.333. The predicted molar refractivity (Wildman–Crippen MR) is 50.2 cm³/mol. The van der Waals surface area contributed by atoms with E-state index in [-0.39, 0.29) is 12.2 Å². The van der Waals surface area contributed by atoms with E-state index in [9.17, 15) is 5.11 Å². The molecule has 0 aliphatic carbocycles. The molecule has 0 aromatic carbocycles. The molecule has 1 atom stereocenters. The lowest BCUT2D eigenvalue weighted by atomic mass is 10.1. The highest BCUT2D eigenvalue weighted by Crippen LogP contribution is 2.23. The Labute approximate surface area is 85.5 Å². The van der Waals surface area contributed by atoms with Crippen LogP contribution in [0, 0.1) is 0 Å². The summed E-state index contributed by atoms with van der Waals surface area (Å²) in [5, 5.41) is 30.9. The Morgan fingerprint density at radius 3 is 2.87 bits per heavy atom. The molecule has 0 amide bonds. The summed E-state index contributed by atoms with van der Waals surface area (Å²) < 4.78 is 0. The molecule has 6 heteroatoms. The molecule has 1 unspecified atom stereocenters. The first-order chi connectivity index (χ1) is 7.18. The van der Waals surface area contributed by atoms with E-state index in [4.69, 9.17) is 15.1 Å². The quantitative estimate of drug-likeness (QED) is 0.577. The lowest BCUT2D eigenvalue weighted by Gasteiger charge is -2.08. The van der Waals surface area contributed by atoms with Gasteiger partial charge in [-0.3, -0.25) is 4.98 Å². The molecule has 0 radical (unpaired) electrons. The van der Waals surface area contributed by atoms with Gasteiger partial charge in [-0.25, -0.2) is 0 Å². The Morgan fingerprint density at radius 2 is 2.27 bits per heavy atom.